The van der Waals surface area contributed by atoms with Crippen LogP contribution in [0.2, 0.25) is 5.02 Å². The van der Waals surface area contributed by atoms with Gasteiger partial charge in [0.2, 0.25) is 5.91 Å². The number of fused-ring (bicyclic) bond motifs is 1. The molecule has 1 aliphatic rings. The Morgan fingerprint density at radius 1 is 1.45 bits per heavy atom. The van der Waals surface area contributed by atoms with Crippen LogP contribution in [0, 0.1) is 0 Å². The minimum absolute atomic E-state index is 0.0281. The summed E-state index contributed by atoms with van der Waals surface area (Å²) in [6, 6.07) is 7.49. The number of amides is 1. The smallest absolute Gasteiger partial charge is 0.220 e. The van der Waals surface area contributed by atoms with Gasteiger partial charge in [0.15, 0.2) is 0 Å². The van der Waals surface area contributed by atoms with Gasteiger partial charge in [0.25, 0.3) is 0 Å². The van der Waals surface area contributed by atoms with Crippen molar-refractivity contribution >= 4 is 17.5 Å². The van der Waals surface area contributed by atoms with Crippen molar-refractivity contribution in [3.8, 4) is 5.75 Å². The van der Waals surface area contributed by atoms with Crippen molar-refractivity contribution in [3.63, 3.8) is 0 Å². The summed E-state index contributed by atoms with van der Waals surface area (Å²) in [5.41, 5.74) is 0.958. The Bertz CT molecular complexity index is 643. The minimum atomic E-state index is -0.0281. The van der Waals surface area contributed by atoms with Crippen LogP contribution in [0.25, 0.3) is 0 Å². The predicted octanol–water partition coefficient (Wildman–Crippen LogP) is 2.96. The number of ether oxygens (including phenoxy) is 1. The zero-order valence-corrected chi connectivity index (χ0v) is 12.9. The highest BCUT2D eigenvalue weighted by Crippen LogP contribution is 2.37. The highest BCUT2D eigenvalue weighted by molar-refractivity contribution is 6.32. The Morgan fingerprint density at radius 2 is 2.36 bits per heavy atom. The average molecular weight is 320 g/mol. The quantitative estimate of drug-likeness (QED) is 0.921. The van der Waals surface area contributed by atoms with E-state index in [-0.39, 0.29) is 11.9 Å². The second kappa shape index (κ2) is 6.83. The highest BCUT2D eigenvalue weighted by Gasteiger charge is 2.24. The molecule has 0 saturated carbocycles. The molecule has 2 aromatic rings. The lowest BCUT2D eigenvalue weighted by Crippen LogP contribution is -2.32. The summed E-state index contributed by atoms with van der Waals surface area (Å²) in [6.07, 6.45) is 5.64. The zero-order chi connectivity index (χ0) is 15.4. The number of hydrogen-bond donors (Lipinski definition) is 1. The molecule has 0 fully saturated rings. The van der Waals surface area contributed by atoms with Crippen LogP contribution < -0.4 is 10.1 Å². The van der Waals surface area contributed by atoms with Crippen LogP contribution >= 0.6 is 11.6 Å². The molecule has 0 aliphatic carbocycles. The number of nitrogens with zero attached hydrogens (tertiary/aromatic N) is 2. The average Bonchev–Trinajstić information content (AvgIpc) is 3.02. The number of aromatic nitrogens is 2. The van der Waals surface area contributed by atoms with Crippen LogP contribution in [0.1, 0.15) is 30.9 Å². The van der Waals surface area contributed by atoms with Gasteiger partial charge in [-0.05, 0) is 18.6 Å². The molecule has 1 N–H and O–H groups in total. The topological polar surface area (TPSA) is 56.2 Å². The summed E-state index contributed by atoms with van der Waals surface area (Å²) in [6.45, 7) is 1.31. The number of aryl methyl sites for hydroxylation is 1. The maximum Gasteiger partial charge on any atom is 0.220 e. The van der Waals surface area contributed by atoms with Crippen molar-refractivity contribution < 1.29 is 9.53 Å². The summed E-state index contributed by atoms with van der Waals surface area (Å²) in [5.74, 6) is 0.738. The van der Waals surface area contributed by atoms with E-state index in [9.17, 15) is 4.79 Å². The van der Waals surface area contributed by atoms with E-state index in [2.05, 4.69) is 10.4 Å². The van der Waals surface area contributed by atoms with E-state index in [1.54, 1.807) is 12.3 Å². The van der Waals surface area contributed by atoms with E-state index >= 15 is 0 Å². The van der Waals surface area contributed by atoms with Crippen LogP contribution in [0.5, 0.6) is 5.75 Å². The standard InChI is InChI=1S/C16H18ClN3O2/c17-13-5-1-4-12-14(7-11-22-16(12)13)19-15(21)6-2-9-20-10-3-8-18-20/h1,3-5,8,10,14H,2,6-7,9,11H2,(H,19,21)/t14-/m0/s1. The van der Waals surface area contributed by atoms with E-state index in [0.29, 0.717) is 23.8 Å². The molecule has 1 atom stereocenters. The molecule has 1 amide bonds. The SMILES string of the molecule is O=C(CCCn1cccn1)N[C@H]1CCOc2c(Cl)cccc21. The molecule has 0 spiro atoms. The first-order chi connectivity index (χ1) is 10.7. The monoisotopic (exact) mass is 319 g/mol. The number of halogens is 1. The molecule has 2 heterocycles. The third kappa shape index (κ3) is 3.42. The number of hydrogen-bond acceptors (Lipinski definition) is 3. The molecule has 0 saturated heterocycles. The molecule has 0 unspecified atom stereocenters. The van der Waals surface area contributed by atoms with E-state index in [1.807, 2.05) is 29.1 Å². The van der Waals surface area contributed by atoms with Gasteiger partial charge in [-0.15, -0.1) is 0 Å². The van der Waals surface area contributed by atoms with Gasteiger partial charge < -0.3 is 10.1 Å². The normalized spacial score (nSPS) is 16.7. The second-order valence-corrected chi connectivity index (χ2v) is 5.70. The summed E-state index contributed by atoms with van der Waals surface area (Å²) in [7, 11) is 0. The van der Waals surface area contributed by atoms with Gasteiger partial charge in [0, 0.05) is 37.3 Å². The van der Waals surface area contributed by atoms with E-state index < -0.39 is 0 Å². The van der Waals surface area contributed by atoms with Crippen LogP contribution in [-0.2, 0) is 11.3 Å². The molecule has 0 radical (unpaired) electrons. The molecular formula is C16H18ClN3O2. The highest BCUT2D eigenvalue weighted by atomic mass is 35.5. The molecule has 22 heavy (non-hydrogen) atoms. The van der Waals surface area contributed by atoms with E-state index in [0.717, 1.165) is 24.9 Å². The van der Waals surface area contributed by atoms with Crippen molar-refractivity contribution in [2.24, 2.45) is 0 Å². The first-order valence-corrected chi connectivity index (χ1v) is 7.80. The minimum Gasteiger partial charge on any atom is -0.492 e. The fourth-order valence-corrected chi connectivity index (χ4v) is 2.87. The van der Waals surface area contributed by atoms with Gasteiger partial charge in [-0.25, -0.2) is 0 Å². The number of carbonyl (C=O) groups is 1. The number of carbonyl (C=O) groups excluding carboxylic acids is 1. The lowest BCUT2D eigenvalue weighted by Gasteiger charge is -2.27. The molecule has 1 aliphatic heterocycles. The predicted molar refractivity (Wildman–Crippen MR) is 83.9 cm³/mol. The Hall–Kier alpha value is -2.01. The lowest BCUT2D eigenvalue weighted by molar-refractivity contribution is -0.122. The first kappa shape index (κ1) is 14.9. The number of nitrogens with one attached hydrogen (secondary N) is 1. The van der Waals surface area contributed by atoms with Crippen molar-refractivity contribution in [2.75, 3.05) is 6.61 Å². The molecule has 3 rings (SSSR count). The molecule has 6 heteroatoms. The number of rotatable bonds is 5. The largest absolute Gasteiger partial charge is 0.492 e. The Morgan fingerprint density at radius 3 is 3.18 bits per heavy atom. The maximum atomic E-state index is 12.1. The molecule has 116 valence electrons. The third-order valence-electron chi connectivity index (χ3n) is 3.71. The summed E-state index contributed by atoms with van der Waals surface area (Å²) in [5, 5.41) is 7.79. The van der Waals surface area contributed by atoms with Crippen LogP contribution in [0.3, 0.4) is 0 Å². The van der Waals surface area contributed by atoms with Crippen LogP contribution in [0.15, 0.2) is 36.7 Å². The zero-order valence-electron chi connectivity index (χ0n) is 12.2. The summed E-state index contributed by atoms with van der Waals surface area (Å²) < 4.78 is 7.43. The fourth-order valence-electron chi connectivity index (χ4n) is 2.64. The van der Waals surface area contributed by atoms with Crippen LogP contribution in [-0.4, -0.2) is 22.3 Å². The van der Waals surface area contributed by atoms with Gasteiger partial charge in [-0.1, -0.05) is 23.7 Å². The van der Waals surface area contributed by atoms with Gasteiger partial charge in [-0.2, -0.15) is 5.10 Å². The fraction of sp³-hybridized carbons (Fsp3) is 0.375. The van der Waals surface area contributed by atoms with Crippen molar-refractivity contribution in [1.29, 1.82) is 0 Å². The Balaban J connectivity index is 1.55. The summed E-state index contributed by atoms with van der Waals surface area (Å²) in [4.78, 5) is 12.1. The lowest BCUT2D eigenvalue weighted by atomic mass is 10.0. The molecule has 1 aromatic carbocycles. The van der Waals surface area contributed by atoms with Gasteiger partial charge in [0.1, 0.15) is 5.75 Å². The molecule has 0 bridgehead atoms. The Labute approximate surface area is 134 Å². The van der Waals surface area contributed by atoms with Crippen molar-refractivity contribution in [2.45, 2.75) is 31.8 Å². The van der Waals surface area contributed by atoms with Gasteiger partial charge in [-0.3, -0.25) is 9.48 Å². The Kier molecular flexibility index (Phi) is 4.63. The van der Waals surface area contributed by atoms with Crippen LogP contribution in [0.4, 0.5) is 0 Å². The third-order valence-corrected chi connectivity index (χ3v) is 4.01. The van der Waals surface area contributed by atoms with E-state index in [1.165, 1.54) is 0 Å². The van der Waals surface area contributed by atoms with Crippen molar-refractivity contribution in [1.82, 2.24) is 15.1 Å². The van der Waals surface area contributed by atoms with Gasteiger partial charge in [0.05, 0.1) is 17.7 Å². The first-order valence-electron chi connectivity index (χ1n) is 7.42. The van der Waals surface area contributed by atoms with Crippen molar-refractivity contribution in [3.05, 3.63) is 47.2 Å². The van der Waals surface area contributed by atoms with E-state index in [4.69, 9.17) is 16.3 Å². The number of benzene rings is 1. The molecular weight excluding hydrogens is 302 g/mol. The second-order valence-electron chi connectivity index (χ2n) is 5.29. The number of para-hydroxylation sites is 1. The molecule has 1 aromatic heterocycles. The maximum absolute atomic E-state index is 12.1. The summed E-state index contributed by atoms with van der Waals surface area (Å²) >= 11 is 6.14. The molecule has 5 nitrogen and oxygen atoms in total. The van der Waals surface area contributed by atoms with Gasteiger partial charge >= 0.3 is 0 Å².